The van der Waals surface area contributed by atoms with Crippen LogP contribution < -0.4 is 10.5 Å². The second-order valence-electron chi connectivity index (χ2n) is 8.53. The van der Waals surface area contributed by atoms with Crippen molar-refractivity contribution in [3.63, 3.8) is 0 Å². The molecule has 11 heteroatoms. The van der Waals surface area contributed by atoms with Gasteiger partial charge in [0.1, 0.15) is 28.1 Å². The van der Waals surface area contributed by atoms with Gasteiger partial charge in [0.05, 0.1) is 11.2 Å². The summed E-state index contributed by atoms with van der Waals surface area (Å²) >= 11 is 6.07. The summed E-state index contributed by atoms with van der Waals surface area (Å²) < 4.78 is 40.2. The quantitative estimate of drug-likeness (QED) is 0.517. The molecule has 0 amide bonds. The maximum atomic E-state index is 12.9. The van der Waals surface area contributed by atoms with Crippen LogP contribution >= 0.6 is 11.6 Å². The van der Waals surface area contributed by atoms with Gasteiger partial charge in [-0.05, 0) is 32.0 Å². The second kappa shape index (κ2) is 8.89. The highest BCUT2D eigenvalue weighted by molar-refractivity contribution is 6.30. The molecule has 0 aromatic carbocycles. The van der Waals surface area contributed by atoms with Gasteiger partial charge in [-0.3, -0.25) is 9.69 Å². The largest absolute Gasteiger partial charge is 0.433 e. The first-order valence-electron chi connectivity index (χ1n) is 10.6. The molecule has 1 saturated heterocycles. The van der Waals surface area contributed by atoms with E-state index in [4.69, 9.17) is 11.6 Å². The van der Waals surface area contributed by atoms with Crippen molar-refractivity contribution >= 4 is 28.3 Å². The van der Waals surface area contributed by atoms with Crippen LogP contribution in [0, 0.1) is 11.3 Å². The third-order valence-corrected chi connectivity index (χ3v) is 6.52. The number of nitriles is 1. The van der Waals surface area contributed by atoms with Crippen molar-refractivity contribution in [3.8, 4) is 6.07 Å². The molecule has 1 fully saturated rings. The lowest BCUT2D eigenvalue weighted by molar-refractivity contribution is -0.141. The first-order chi connectivity index (χ1) is 16.0. The van der Waals surface area contributed by atoms with Crippen LogP contribution in [0.3, 0.4) is 0 Å². The van der Waals surface area contributed by atoms with Crippen LogP contribution in [-0.4, -0.2) is 44.6 Å². The zero-order valence-corrected chi connectivity index (χ0v) is 19.5. The van der Waals surface area contributed by atoms with E-state index in [1.54, 1.807) is 19.2 Å². The zero-order valence-electron chi connectivity index (χ0n) is 18.8. The number of anilines is 1. The summed E-state index contributed by atoms with van der Waals surface area (Å²) in [5.74, 6) is 0. The van der Waals surface area contributed by atoms with E-state index in [9.17, 15) is 23.2 Å². The van der Waals surface area contributed by atoms with E-state index >= 15 is 0 Å². The van der Waals surface area contributed by atoms with Gasteiger partial charge in [0.25, 0.3) is 5.56 Å². The maximum absolute atomic E-state index is 12.9. The van der Waals surface area contributed by atoms with Crippen LogP contribution in [-0.2, 0) is 19.8 Å². The van der Waals surface area contributed by atoms with Crippen LogP contribution in [0.5, 0.6) is 0 Å². The molecule has 0 N–H and O–H groups in total. The minimum absolute atomic E-state index is 0.00665. The van der Waals surface area contributed by atoms with Gasteiger partial charge in [-0.2, -0.15) is 18.4 Å². The van der Waals surface area contributed by atoms with Gasteiger partial charge in [0.15, 0.2) is 0 Å². The van der Waals surface area contributed by atoms with Crippen LogP contribution in [0.2, 0.25) is 5.15 Å². The Hall–Kier alpha value is -3.16. The number of fused-ring (bicyclic) bond motifs is 1. The summed E-state index contributed by atoms with van der Waals surface area (Å²) in [6.07, 6.45) is -4.55. The molecule has 34 heavy (non-hydrogen) atoms. The fraction of sp³-hybridized carbons (Fsp3) is 0.391. The number of pyridine rings is 3. The highest BCUT2D eigenvalue weighted by Gasteiger charge is 2.34. The molecular formula is C23H22ClF3N6O. The van der Waals surface area contributed by atoms with Crippen molar-refractivity contribution < 1.29 is 13.2 Å². The second-order valence-corrected chi connectivity index (χ2v) is 8.88. The summed E-state index contributed by atoms with van der Waals surface area (Å²) in [4.78, 5) is 24.8. The van der Waals surface area contributed by atoms with E-state index < -0.39 is 11.9 Å². The zero-order chi connectivity index (χ0) is 24.8. The molecule has 0 saturated carbocycles. The fourth-order valence-corrected chi connectivity index (χ4v) is 4.52. The Kier molecular flexibility index (Phi) is 6.27. The van der Waals surface area contributed by atoms with Crippen LogP contribution in [0.15, 0.2) is 35.1 Å². The van der Waals surface area contributed by atoms with Gasteiger partial charge in [-0.25, -0.2) is 9.97 Å². The summed E-state index contributed by atoms with van der Waals surface area (Å²) in [7, 11) is 1.66. The number of alkyl halides is 3. The Balaban J connectivity index is 1.62. The number of hydrogen-bond donors (Lipinski definition) is 0. The summed E-state index contributed by atoms with van der Waals surface area (Å²) in [5.41, 5.74) is 1.43. The molecule has 4 rings (SSSR count). The van der Waals surface area contributed by atoms with E-state index in [0.717, 1.165) is 6.07 Å². The predicted octanol–water partition coefficient (Wildman–Crippen LogP) is 3.97. The number of rotatable bonds is 3. The molecule has 3 aromatic rings. The molecule has 7 nitrogen and oxygen atoms in total. The van der Waals surface area contributed by atoms with Gasteiger partial charge in [0.2, 0.25) is 0 Å². The Morgan fingerprint density at radius 3 is 2.53 bits per heavy atom. The molecule has 1 aliphatic rings. The molecule has 4 heterocycles. The molecule has 1 unspecified atom stereocenters. The van der Waals surface area contributed by atoms with E-state index in [1.807, 2.05) is 19.9 Å². The SMILES string of the molecule is CC1CN(c2cc(=O)n(C)c3ccc(C#N)nc23)[C@@H](C)CN1Cc1ccc(C(F)(F)F)nc1Cl. The lowest BCUT2D eigenvalue weighted by Gasteiger charge is -2.45. The highest BCUT2D eigenvalue weighted by Crippen LogP contribution is 2.32. The number of nitrogens with zero attached hydrogens (tertiary/aromatic N) is 6. The van der Waals surface area contributed by atoms with Crippen molar-refractivity contribution in [3.05, 3.63) is 62.8 Å². The average Bonchev–Trinajstić information content (AvgIpc) is 2.78. The van der Waals surface area contributed by atoms with Crippen molar-refractivity contribution in [2.45, 2.75) is 38.7 Å². The Morgan fingerprint density at radius 2 is 1.88 bits per heavy atom. The van der Waals surface area contributed by atoms with Crippen LogP contribution in [0.25, 0.3) is 11.0 Å². The van der Waals surface area contributed by atoms with E-state index in [1.165, 1.54) is 16.7 Å². The van der Waals surface area contributed by atoms with Crippen molar-refractivity contribution in [1.29, 1.82) is 5.26 Å². The van der Waals surface area contributed by atoms with Crippen molar-refractivity contribution in [2.75, 3.05) is 18.0 Å². The highest BCUT2D eigenvalue weighted by atomic mass is 35.5. The topological polar surface area (TPSA) is 78.0 Å². The van der Waals surface area contributed by atoms with Crippen molar-refractivity contribution in [1.82, 2.24) is 19.4 Å². The summed E-state index contributed by atoms with van der Waals surface area (Å²) in [6, 6.07) is 9.13. The molecule has 0 spiro atoms. The Labute approximate surface area is 199 Å². The molecule has 2 atom stereocenters. The third kappa shape index (κ3) is 4.45. The number of aryl methyl sites for hydroxylation is 1. The average molecular weight is 491 g/mol. The fourth-order valence-electron chi connectivity index (χ4n) is 4.30. The molecule has 3 aromatic heterocycles. The smallest absolute Gasteiger partial charge is 0.364 e. The molecule has 178 valence electrons. The van der Waals surface area contributed by atoms with Gasteiger partial charge < -0.3 is 9.47 Å². The van der Waals surface area contributed by atoms with Crippen LogP contribution in [0.1, 0.15) is 30.8 Å². The first kappa shape index (κ1) is 24.0. The van der Waals surface area contributed by atoms with E-state index in [-0.39, 0.29) is 28.5 Å². The number of aromatic nitrogens is 3. The van der Waals surface area contributed by atoms with Gasteiger partial charge >= 0.3 is 6.18 Å². The predicted molar refractivity (Wildman–Crippen MR) is 123 cm³/mol. The molecular weight excluding hydrogens is 469 g/mol. The minimum Gasteiger partial charge on any atom is -0.364 e. The molecule has 0 aliphatic carbocycles. The summed E-state index contributed by atoms with van der Waals surface area (Å²) in [6.45, 7) is 5.48. The van der Waals surface area contributed by atoms with Gasteiger partial charge in [0, 0.05) is 50.4 Å². The van der Waals surface area contributed by atoms with Crippen molar-refractivity contribution in [2.24, 2.45) is 7.05 Å². The number of piperazine rings is 1. The summed E-state index contributed by atoms with van der Waals surface area (Å²) in [5, 5.41) is 9.13. The monoisotopic (exact) mass is 490 g/mol. The van der Waals surface area contributed by atoms with Crippen LogP contribution in [0.4, 0.5) is 18.9 Å². The lowest BCUT2D eigenvalue weighted by Crippen LogP contribution is -2.56. The molecule has 0 bridgehead atoms. The van der Waals surface area contributed by atoms with Gasteiger partial charge in [-0.15, -0.1) is 0 Å². The number of halogens is 4. The molecule has 0 radical (unpaired) electrons. The van der Waals surface area contributed by atoms with E-state index in [0.29, 0.717) is 41.9 Å². The standard InChI is InChI=1S/C23H22ClF3N6O/c1-13-11-33(18-8-20(34)31(3)17-6-5-16(9-28)29-21(17)18)14(2)10-32(13)12-15-4-7-19(23(25,26)27)30-22(15)24/h4-8,13-14H,10-12H2,1-3H3/t13?,14-/m0/s1. The minimum atomic E-state index is -4.55. The molecule has 1 aliphatic heterocycles. The van der Waals surface area contributed by atoms with Gasteiger partial charge in [-0.1, -0.05) is 17.7 Å². The third-order valence-electron chi connectivity index (χ3n) is 6.20. The number of hydrogen-bond acceptors (Lipinski definition) is 6. The normalized spacial score (nSPS) is 19.4. The maximum Gasteiger partial charge on any atom is 0.433 e. The Bertz CT molecular complexity index is 1350. The Morgan fingerprint density at radius 1 is 1.15 bits per heavy atom. The van der Waals surface area contributed by atoms with E-state index in [2.05, 4.69) is 19.8 Å². The first-order valence-corrected chi connectivity index (χ1v) is 11.0. The lowest BCUT2D eigenvalue weighted by atomic mass is 10.1.